The van der Waals surface area contributed by atoms with E-state index in [-0.39, 0.29) is 18.0 Å². The maximum absolute atomic E-state index is 14.0. The van der Waals surface area contributed by atoms with Gasteiger partial charge in [-0.25, -0.2) is 4.39 Å². The van der Waals surface area contributed by atoms with Crippen LogP contribution in [0.1, 0.15) is 18.1 Å². The van der Waals surface area contributed by atoms with Gasteiger partial charge in [-0.3, -0.25) is 9.59 Å². The molecule has 0 aliphatic carbocycles. The second-order valence-corrected chi connectivity index (χ2v) is 5.67. The van der Waals surface area contributed by atoms with Gasteiger partial charge in [-0.2, -0.15) is 13.2 Å². The fourth-order valence-corrected chi connectivity index (χ4v) is 2.00. The van der Waals surface area contributed by atoms with Gasteiger partial charge in [0.05, 0.1) is 11.3 Å². The molecule has 27 heavy (non-hydrogen) atoms. The van der Waals surface area contributed by atoms with Gasteiger partial charge in [0.1, 0.15) is 24.1 Å². The van der Waals surface area contributed by atoms with Crippen molar-refractivity contribution in [2.75, 3.05) is 5.32 Å². The second-order valence-electron chi connectivity index (χ2n) is 5.67. The van der Waals surface area contributed by atoms with Gasteiger partial charge in [-0.05, 0) is 36.8 Å². The average Bonchev–Trinajstić information content (AvgIpc) is 2.60. The molecule has 0 fully saturated rings. The molecule has 0 aromatic heterocycles. The van der Waals surface area contributed by atoms with Gasteiger partial charge >= 0.3 is 12.1 Å². The van der Waals surface area contributed by atoms with E-state index in [9.17, 15) is 27.2 Å². The van der Waals surface area contributed by atoms with Crippen molar-refractivity contribution in [1.82, 2.24) is 0 Å². The number of carbonyl (C=O) groups excluding carboxylic acids is 1. The van der Waals surface area contributed by atoms with Crippen LogP contribution in [0.5, 0.6) is 5.75 Å². The first-order chi connectivity index (χ1) is 12.6. The van der Waals surface area contributed by atoms with E-state index in [4.69, 9.17) is 9.84 Å². The minimum absolute atomic E-state index is 0.0840. The number of carboxylic acid groups (broad SMARTS) is 1. The number of ether oxygens (including phenoxy) is 1. The Bertz CT molecular complexity index is 834. The molecule has 5 nitrogen and oxygen atoms in total. The molecule has 0 aliphatic heterocycles. The number of benzene rings is 2. The molecule has 9 heteroatoms. The lowest BCUT2D eigenvalue weighted by Gasteiger charge is -2.12. The van der Waals surface area contributed by atoms with E-state index in [2.05, 4.69) is 5.32 Å². The molecule has 0 bridgehead atoms. The number of rotatable bonds is 6. The van der Waals surface area contributed by atoms with Gasteiger partial charge < -0.3 is 15.2 Å². The number of hydrogen-bond acceptors (Lipinski definition) is 3. The maximum atomic E-state index is 14.0. The van der Waals surface area contributed by atoms with Crippen LogP contribution in [0.25, 0.3) is 0 Å². The highest BCUT2D eigenvalue weighted by atomic mass is 19.4. The highest BCUT2D eigenvalue weighted by Crippen LogP contribution is 2.29. The number of amides is 1. The predicted octanol–water partition coefficient (Wildman–Crippen LogP) is 4.08. The number of halogens is 4. The quantitative estimate of drug-likeness (QED) is 0.580. The zero-order valence-electron chi connectivity index (χ0n) is 14.0. The molecule has 1 amide bonds. The third kappa shape index (κ3) is 5.44. The van der Waals surface area contributed by atoms with E-state index in [0.717, 1.165) is 25.1 Å². The Labute approximate surface area is 151 Å². The normalized spacial score (nSPS) is 12.3. The summed E-state index contributed by atoms with van der Waals surface area (Å²) in [6.45, 7) is 1.08. The smallest absolute Gasteiger partial charge is 0.416 e. The number of anilines is 1. The lowest BCUT2D eigenvalue weighted by molar-refractivity contribution is -0.144. The van der Waals surface area contributed by atoms with Gasteiger partial charge in [-0.15, -0.1) is 0 Å². The first kappa shape index (κ1) is 20.2. The largest absolute Gasteiger partial charge is 0.489 e. The van der Waals surface area contributed by atoms with Crippen molar-refractivity contribution in [3.05, 3.63) is 59.4 Å². The molecule has 0 radical (unpaired) electrons. The minimum Gasteiger partial charge on any atom is -0.489 e. The van der Waals surface area contributed by atoms with Crippen molar-refractivity contribution in [3.8, 4) is 5.75 Å². The van der Waals surface area contributed by atoms with Gasteiger partial charge in [0.15, 0.2) is 0 Å². The molecule has 0 spiro atoms. The van der Waals surface area contributed by atoms with Crippen LogP contribution in [0, 0.1) is 11.7 Å². The van der Waals surface area contributed by atoms with E-state index in [1.54, 1.807) is 0 Å². The van der Waals surface area contributed by atoms with E-state index in [1.165, 1.54) is 24.3 Å². The summed E-state index contributed by atoms with van der Waals surface area (Å²) in [6.07, 6.45) is -4.43. The van der Waals surface area contributed by atoms with Gasteiger partial charge in [0.2, 0.25) is 5.91 Å². The highest BCUT2D eigenvalue weighted by molar-refractivity contribution is 6.03. The Balaban J connectivity index is 1.99. The van der Waals surface area contributed by atoms with Crippen molar-refractivity contribution in [2.24, 2.45) is 5.92 Å². The molecule has 0 saturated heterocycles. The van der Waals surface area contributed by atoms with Crippen LogP contribution in [0.3, 0.4) is 0 Å². The summed E-state index contributed by atoms with van der Waals surface area (Å²) in [7, 11) is 0. The molecular formula is C18H15F4NO4. The SMILES string of the molecule is CC(C(=O)O)C(=O)Nc1ccc(OCc2ccc(C(F)(F)F)cc2)cc1F. The first-order valence-corrected chi connectivity index (χ1v) is 7.70. The van der Waals surface area contributed by atoms with Crippen molar-refractivity contribution in [2.45, 2.75) is 19.7 Å². The summed E-state index contributed by atoms with van der Waals surface area (Å²) >= 11 is 0. The van der Waals surface area contributed by atoms with Crippen LogP contribution < -0.4 is 10.1 Å². The van der Waals surface area contributed by atoms with Crippen LogP contribution in [-0.2, 0) is 22.4 Å². The Kier molecular flexibility index (Phi) is 6.04. The summed E-state index contributed by atoms with van der Waals surface area (Å²) in [5.74, 6) is -4.31. The molecule has 1 unspecified atom stereocenters. The molecule has 0 saturated carbocycles. The molecular weight excluding hydrogens is 370 g/mol. The van der Waals surface area contributed by atoms with Crippen molar-refractivity contribution in [1.29, 1.82) is 0 Å². The summed E-state index contributed by atoms with van der Waals surface area (Å²) < 4.78 is 56.8. The third-order valence-corrected chi connectivity index (χ3v) is 3.65. The third-order valence-electron chi connectivity index (χ3n) is 3.65. The van der Waals surface area contributed by atoms with Crippen molar-refractivity contribution < 1.29 is 37.0 Å². The molecule has 1 atom stereocenters. The molecule has 0 aliphatic rings. The van der Waals surface area contributed by atoms with Crippen LogP contribution >= 0.6 is 0 Å². The molecule has 2 aromatic rings. The number of carbonyl (C=O) groups is 2. The van der Waals surface area contributed by atoms with Crippen molar-refractivity contribution >= 4 is 17.6 Å². The average molecular weight is 385 g/mol. The lowest BCUT2D eigenvalue weighted by atomic mass is 10.1. The van der Waals surface area contributed by atoms with Crippen molar-refractivity contribution in [3.63, 3.8) is 0 Å². The Hall–Kier alpha value is -3.10. The number of aliphatic carboxylic acids is 1. The number of carboxylic acids is 1. The summed E-state index contributed by atoms with van der Waals surface area (Å²) in [6, 6.07) is 7.86. The number of hydrogen-bond donors (Lipinski definition) is 2. The van der Waals surface area contributed by atoms with Gasteiger partial charge in [0.25, 0.3) is 0 Å². The van der Waals surface area contributed by atoms with E-state index >= 15 is 0 Å². The Morgan fingerprint density at radius 1 is 1.15 bits per heavy atom. The lowest BCUT2D eigenvalue weighted by Crippen LogP contribution is -2.27. The molecule has 144 valence electrons. The Morgan fingerprint density at radius 3 is 2.30 bits per heavy atom. The fourth-order valence-electron chi connectivity index (χ4n) is 2.00. The topological polar surface area (TPSA) is 75.6 Å². The fraction of sp³-hybridized carbons (Fsp3) is 0.222. The highest BCUT2D eigenvalue weighted by Gasteiger charge is 2.29. The van der Waals surface area contributed by atoms with Gasteiger partial charge in [0, 0.05) is 6.07 Å². The summed E-state index contributed by atoms with van der Waals surface area (Å²) in [5.41, 5.74) is -0.543. The zero-order valence-corrected chi connectivity index (χ0v) is 14.0. The first-order valence-electron chi connectivity index (χ1n) is 7.70. The molecule has 2 rings (SSSR count). The summed E-state index contributed by atoms with van der Waals surface area (Å²) in [5, 5.41) is 10.9. The predicted molar refractivity (Wildman–Crippen MR) is 87.6 cm³/mol. The zero-order chi connectivity index (χ0) is 20.2. The van der Waals surface area contributed by atoms with E-state index < -0.39 is 35.4 Å². The van der Waals surface area contributed by atoms with E-state index in [1.807, 2.05) is 0 Å². The van der Waals surface area contributed by atoms with Gasteiger partial charge in [-0.1, -0.05) is 12.1 Å². The standard InChI is InChI=1S/C18H15F4NO4/c1-10(17(25)26)16(24)23-15-7-6-13(8-14(15)19)27-9-11-2-4-12(5-3-11)18(20,21)22/h2-8,10H,9H2,1H3,(H,23,24)(H,25,26). The van der Waals surface area contributed by atoms with Crippen LogP contribution in [0.4, 0.5) is 23.2 Å². The van der Waals surface area contributed by atoms with Crippen LogP contribution in [0.15, 0.2) is 42.5 Å². The van der Waals surface area contributed by atoms with Crippen LogP contribution in [0.2, 0.25) is 0 Å². The number of alkyl halides is 3. The summed E-state index contributed by atoms with van der Waals surface area (Å²) in [4.78, 5) is 22.4. The maximum Gasteiger partial charge on any atom is 0.416 e. The monoisotopic (exact) mass is 385 g/mol. The Morgan fingerprint density at radius 2 is 1.78 bits per heavy atom. The molecule has 0 heterocycles. The second kappa shape index (κ2) is 8.07. The van der Waals surface area contributed by atoms with Crippen LogP contribution in [-0.4, -0.2) is 17.0 Å². The number of nitrogens with one attached hydrogen (secondary N) is 1. The molecule has 2 N–H and O–H groups in total. The van der Waals surface area contributed by atoms with E-state index in [0.29, 0.717) is 5.56 Å². The minimum atomic E-state index is -4.43. The molecule has 2 aromatic carbocycles.